The Hall–Kier alpha value is -4.52. The molecule has 4 rings (SSSR count). The molecule has 0 radical (unpaired) electrons. The van der Waals surface area contributed by atoms with E-state index in [0.717, 1.165) is 28.1 Å². The van der Waals surface area contributed by atoms with Crippen molar-refractivity contribution in [2.75, 3.05) is 6.54 Å². The fourth-order valence-corrected chi connectivity index (χ4v) is 5.61. The molecule has 4 amide bonds. The Balaban J connectivity index is 1.52. The highest BCUT2D eigenvalue weighted by atomic mass is 32.1. The summed E-state index contributed by atoms with van der Waals surface area (Å²) in [4.78, 5) is 69.8. The number of benzene rings is 1. The summed E-state index contributed by atoms with van der Waals surface area (Å²) in [6.07, 6.45) is 0.127. The summed E-state index contributed by atoms with van der Waals surface area (Å²) in [6.45, 7) is 3.76. The number of hydrogen-bond acceptors (Lipinski definition) is 7. The minimum atomic E-state index is -1.62. The van der Waals surface area contributed by atoms with Crippen molar-refractivity contribution in [2.45, 2.75) is 44.7 Å². The van der Waals surface area contributed by atoms with E-state index >= 15 is 0 Å². The van der Waals surface area contributed by atoms with Crippen LogP contribution >= 0.6 is 11.3 Å². The molecule has 1 aliphatic heterocycles. The van der Waals surface area contributed by atoms with Crippen LogP contribution in [-0.2, 0) is 18.3 Å². The molecule has 0 spiro atoms. The molecule has 0 bridgehead atoms. The predicted octanol–water partition coefficient (Wildman–Crippen LogP) is 2.16. The Labute approximate surface area is 234 Å². The number of nitrogens with one attached hydrogen (secondary N) is 3. The molecule has 1 aromatic carbocycles. The van der Waals surface area contributed by atoms with E-state index in [9.17, 15) is 29.1 Å². The zero-order valence-corrected chi connectivity index (χ0v) is 23.1. The van der Waals surface area contributed by atoms with Gasteiger partial charge in [-0.05, 0) is 38.3 Å². The van der Waals surface area contributed by atoms with Crippen molar-refractivity contribution in [1.29, 1.82) is 0 Å². The van der Waals surface area contributed by atoms with E-state index < -0.39 is 34.9 Å². The molecule has 2 aromatic heterocycles. The van der Waals surface area contributed by atoms with Gasteiger partial charge in [-0.1, -0.05) is 30.3 Å². The summed E-state index contributed by atoms with van der Waals surface area (Å²) < 4.78 is 1.06. The lowest BCUT2D eigenvalue weighted by Gasteiger charge is -2.28. The van der Waals surface area contributed by atoms with Gasteiger partial charge in [0.25, 0.3) is 23.3 Å². The third-order valence-electron chi connectivity index (χ3n) is 6.75. The van der Waals surface area contributed by atoms with Gasteiger partial charge in [0.15, 0.2) is 0 Å². The number of rotatable bonds is 7. The lowest BCUT2D eigenvalue weighted by molar-refractivity contribution is -0.127. The van der Waals surface area contributed by atoms with Gasteiger partial charge < -0.3 is 19.9 Å². The van der Waals surface area contributed by atoms with Gasteiger partial charge in [0.2, 0.25) is 0 Å². The van der Waals surface area contributed by atoms with Crippen molar-refractivity contribution >= 4 is 35.2 Å². The summed E-state index contributed by atoms with van der Waals surface area (Å²) in [5, 5.41) is 14.3. The quantitative estimate of drug-likeness (QED) is 0.319. The van der Waals surface area contributed by atoms with Crippen LogP contribution in [0, 0.1) is 6.92 Å². The fourth-order valence-electron chi connectivity index (χ4n) is 4.67. The van der Waals surface area contributed by atoms with Crippen molar-refractivity contribution in [3.05, 3.63) is 85.7 Å². The number of nitrogens with zero attached hydrogens (tertiary/aromatic N) is 3. The summed E-state index contributed by atoms with van der Waals surface area (Å²) in [5.74, 6) is -2.07. The highest BCUT2D eigenvalue weighted by molar-refractivity contribution is 7.09. The first-order valence-electron chi connectivity index (χ1n) is 12.6. The van der Waals surface area contributed by atoms with Crippen LogP contribution in [0.2, 0.25) is 0 Å². The van der Waals surface area contributed by atoms with Crippen molar-refractivity contribution in [2.24, 2.45) is 7.05 Å². The maximum Gasteiger partial charge on any atom is 0.405 e. The molecule has 0 unspecified atom stereocenters. The summed E-state index contributed by atoms with van der Waals surface area (Å²) in [7, 11) is 1.37. The van der Waals surface area contributed by atoms with Gasteiger partial charge in [-0.25, -0.2) is 9.78 Å². The average molecular weight is 567 g/mol. The highest BCUT2D eigenvalue weighted by Gasteiger charge is 2.36. The maximum atomic E-state index is 13.4. The number of carbonyl (C=O) groups excluding carboxylic acids is 3. The molecule has 210 valence electrons. The summed E-state index contributed by atoms with van der Waals surface area (Å²) >= 11 is 1.47. The molecule has 0 saturated carbocycles. The number of aryl methyl sites for hydroxylation is 1. The van der Waals surface area contributed by atoms with E-state index in [4.69, 9.17) is 0 Å². The Morgan fingerprint density at radius 3 is 2.52 bits per heavy atom. The smallest absolute Gasteiger partial charge is 0.405 e. The second-order valence-electron chi connectivity index (χ2n) is 9.84. The third-order valence-corrected chi connectivity index (χ3v) is 7.82. The van der Waals surface area contributed by atoms with E-state index in [1.165, 1.54) is 37.4 Å². The van der Waals surface area contributed by atoms with Crippen molar-refractivity contribution in [3.63, 3.8) is 0 Å². The van der Waals surface area contributed by atoms with Gasteiger partial charge in [-0.2, -0.15) is 0 Å². The van der Waals surface area contributed by atoms with Crippen LogP contribution in [0.15, 0.2) is 52.6 Å². The van der Waals surface area contributed by atoms with Gasteiger partial charge in [-0.15, -0.1) is 11.3 Å². The predicted molar refractivity (Wildman–Crippen MR) is 147 cm³/mol. The zero-order chi connectivity index (χ0) is 29.0. The highest BCUT2D eigenvalue weighted by Crippen LogP contribution is 2.34. The van der Waals surface area contributed by atoms with E-state index in [-0.39, 0.29) is 23.7 Å². The Bertz CT molecular complexity index is 1500. The first-order chi connectivity index (χ1) is 19.0. The monoisotopic (exact) mass is 566 g/mol. The summed E-state index contributed by atoms with van der Waals surface area (Å²) in [5.41, 5.74) is 3.73. The van der Waals surface area contributed by atoms with Crippen LogP contribution < -0.4 is 21.7 Å². The molecule has 13 heteroatoms. The molecule has 4 N–H and O–H groups in total. The van der Waals surface area contributed by atoms with E-state index in [1.807, 2.05) is 12.3 Å². The largest absolute Gasteiger partial charge is 0.465 e. The van der Waals surface area contributed by atoms with Crippen molar-refractivity contribution < 1.29 is 24.3 Å². The minimum absolute atomic E-state index is 0.0138. The fraction of sp³-hybridized carbons (Fsp3) is 0.333. The normalized spacial score (nSPS) is 16.2. The van der Waals surface area contributed by atoms with Crippen molar-refractivity contribution in [3.8, 4) is 0 Å². The van der Waals surface area contributed by atoms with Gasteiger partial charge in [-0.3, -0.25) is 30.0 Å². The van der Waals surface area contributed by atoms with E-state index in [1.54, 1.807) is 35.2 Å². The summed E-state index contributed by atoms with van der Waals surface area (Å²) in [6, 6.07) is 11.1. The number of aromatic nitrogens is 2. The standard InChI is InChI=1S/C27H30N6O6S/c1-16-15-40-23(28-16)19-10-7-11-33(19)24(36)18-12-20(32(3)21(34)13-18)22(35)30-31-25(37)27(2,29-26(38)39)14-17-8-5-4-6-9-17/h4-6,8-9,12-13,15,19,29H,7,10-11,14H2,1-3H3,(H,30,35)(H,31,37)(H,38,39)/t19-,27-/m1/s1. The number of hydrogen-bond donors (Lipinski definition) is 4. The molecule has 1 aliphatic rings. The van der Waals surface area contributed by atoms with Gasteiger partial charge in [0.1, 0.15) is 16.2 Å². The number of hydrazine groups is 1. The number of thiazole rings is 1. The van der Waals surface area contributed by atoms with E-state index in [0.29, 0.717) is 12.1 Å². The third kappa shape index (κ3) is 6.20. The number of pyridine rings is 1. The van der Waals surface area contributed by atoms with Gasteiger partial charge in [0.05, 0.1) is 6.04 Å². The van der Waals surface area contributed by atoms with E-state index in [2.05, 4.69) is 21.2 Å². The zero-order valence-electron chi connectivity index (χ0n) is 22.3. The van der Waals surface area contributed by atoms with Crippen LogP contribution in [0.1, 0.15) is 62.9 Å². The number of amides is 4. The number of likely N-dealkylation sites (tertiary alicyclic amines) is 1. The molecule has 1 fully saturated rings. The number of carbonyl (C=O) groups is 4. The SMILES string of the molecule is Cc1csc([C@H]2CCCN2C(=O)c2cc(C(=O)NNC(=O)[C@@](C)(Cc3ccccc3)NC(=O)O)n(C)c(=O)c2)n1. The van der Waals surface area contributed by atoms with Crippen molar-refractivity contribution in [1.82, 2.24) is 30.6 Å². The minimum Gasteiger partial charge on any atom is -0.465 e. The average Bonchev–Trinajstić information content (AvgIpc) is 3.57. The van der Waals surface area contributed by atoms with Crippen LogP contribution in [0.3, 0.4) is 0 Å². The van der Waals surface area contributed by atoms with Gasteiger partial charge in [0, 0.05) is 42.7 Å². The van der Waals surface area contributed by atoms with Crippen LogP contribution in [0.4, 0.5) is 4.79 Å². The molecular weight excluding hydrogens is 536 g/mol. The topological polar surface area (TPSA) is 163 Å². The van der Waals surface area contributed by atoms with Gasteiger partial charge >= 0.3 is 6.09 Å². The molecule has 40 heavy (non-hydrogen) atoms. The molecule has 2 atom stereocenters. The molecule has 12 nitrogen and oxygen atoms in total. The Morgan fingerprint density at radius 1 is 1.15 bits per heavy atom. The second kappa shape index (κ2) is 11.7. The molecule has 1 saturated heterocycles. The van der Waals surface area contributed by atoms with Crippen LogP contribution in [0.25, 0.3) is 0 Å². The first-order valence-corrected chi connectivity index (χ1v) is 13.5. The Kier molecular flexibility index (Phi) is 8.33. The second-order valence-corrected chi connectivity index (χ2v) is 10.7. The lowest BCUT2D eigenvalue weighted by Crippen LogP contribution is -2.61. The Morgan fingerprint density at radius 2 is 1.88 bits per heavy atom. The van der Waals surface area contributed by atoms with Crippen LogP contribution in [0.5, 0.6) is 0 Å². The molecular formula is C27H30N6O6S. The maximum absolute atomic E-state index is 13.4. The molecule has 0 aliphatic carbocycles. The number of carboxylic acid groups (broad SMARTS) is 1. The van der Waals surface area contributed by atoms with Crippen LogP contribution in [-0.4, -0.2) is 55.5 Å². The molecule has 3 heterocycles. The molecule has 3 aromatic rings. The lowest BCUT2D eigenvalue weighted by atomic mass is 9.92. The first kappa shape index (κ1) is 28.5.